The van der Waals surface area contributed by atoms with Crippen LogP contribution in [-0.2, 0) is 16.6 Å². The van der Waals surface area contributed by atoms with E-state index in [0.717, 1.165) is 12.8 Å². The van der Waals surface area contributed by atoms with Crippen LogP contribution in [0, 0.1) is 0 Å². The van der Waals surface area contributed by atoms with E-state index in [1.807, 2.05) is 32.3 Å². The summed E-state index contributed by atoms with van der Waals surface area (Å²) >= 11 is 0. The summed E-state index contributed by atoms with van der Waals surface area (Å²) in [6, 6.07) is 1.71. The highest BCUT2D eigenvalue weighted by Crippen LogP contribution is 2.34. The zero-order valence-electron chi connectivity index (χ0n) is 12.6. The van der Waals surface area contributed by atoms with Gasteiger partial charge in [-0.3, -0.25) is 0 Å². The molecule has 0 amide bonds. The third kappa shape index (κ3) is 2.52. The molecule has 2 heterocycles. The predicted octanol–water partition coefficient (Wildman–Crippen LogP) is 2.12. The van der Waals surface area contributed by atoms with E-state index in [0.29, 0.717) is 12.2 Å². The first kappa shape index (κ1) is 15.5. The Morgan fingerprint density at radius 1 is 1.40 bits per heavy atom. The SMILES string of the molecule is CC(C)n1cc(S(=O)(=O)N2CCCC2(C)C)cc1CO. The summed E-state index contributed by atoms with van der Waals surface area (Å²) in [5.41, 5.74) is 0.300. The number of rotatable bonds is 4. The summed E-state index contributed by atoms with van der Waals surface area (Å²) in [6.07, 6.45) is 3.41. The summed E-state index contributed by atoms with van der Waals surface area (Å²) in [5, 5.41) is 9.39. The van der Waals surface area contributed by atoms with Gasteiger partial charge in [0.1, 0.15) is 4.90 Å². The van der Waals surface area contributed by atoms with E-state index in [2.05, 4.69) is 0 Å². The summed E-state index contributed by atoms with van der Waals surface area (Å²) in [7, 11) is -3.49. The van der Waals surface area contributed by atoms with Gasteiger partial charge in [0.25, 0.3) is 0 Å². The van der Waals surface area contributed by atoms with Gasteiger partial charge in [-0.15, -0.1) is 0 Å². The van der Waals surface area contributed by atoms with Crippen LogP contribution in [0.2, 0.25) is 0 Å². The van der Waals surface area contributed by atoms with Crippen LogP contribution in [0.15, 0.2) is 17.2 Å². The number of aliphatic hydroxyl groups excluding tert-OH is 1. The van der Waals surface area contributed by atoms with Gasteiger partial charge in [0.05, 0.1) is 6.61 Å². The average molecular weight is 300 g/mol. The molecular formula is C14H24N2O3S. The van der Waals surface area contributed by atoms with Crippen LogP contribution in [-0.4, -0.2) is 34.5 Å². The summed E-state index contributed by atoms with van der Waals surface area (Å²) in [6.45, 7) is 8.27. The summed E-state index contributed by atoms with van der Waals surface area (Å²) < 4.78 is 29.0. The van der Waals surface area contributed by atoms with Crippen LogP contribution in [0.3, 0.4) is 0 Å². The van der Waals surface area contributed by atoms with E-state index in [1.165, 1.54) is 0 Å². The molecular weight excluding hydrogens is 276 g/mol. The highest BCUT2D eigenvalue weighted by molar-refractivity contribution is 7.89. The fourth-order valence-corrected chi connectivity index (χ4v) is 4.80. The van der Waals surface area contributed by atoms with Gasteiger partial charge in [0.15, 0.2) is 0 Å². The van der Waals surface area contributed by atoms with Crippen molar-refractivity contribution in [1.82, 2.24) is 8.87 Å². The number of hydrogen-bond donors (Lipinski definition) is 1. The van der Waals surface area contributed by atoms with Crippen molar-refractivity contribution >= 4 is 10.0 Å². The molecule has 1 saturated heterocycles. The van der Waals surface area contributed by atoms with Crippen LogP contribution in [0.1, 0.15) is 52.3 Å². The zero-order valence-corrected chi connectivity index (χ0v) is 13.4. The Morgan fingerprint density at radius 2 is 2.05 bits per heavy atom. The van der Waals surface area contributed by atoms with E-state index < -0.39 is 10.0 Å². The molecule has 0 bridgehead atoms. The lowest BCUT2D eigenvalue weighted by molar-refractivity contribution is 0.268. The predicted molar refractivity (Wildman–Crippen MR) is 77.9 cm³/mol. The Hall–Kier alpha value is -0.850. The van der Waals surface area contributed by atoms with Crippen LogP contribution < -0.4 is 0 Å². The Bertz CT molecular complexity index is 588. The highest BCUT2D eigenvalue weighted by atomic mass is 32.2. The molecule has 1 aliphatic rings. The minimum absolute atomic E-state index is 0.118. The van der Waals surface area contributed by atoms with E-state index >= 15 is 0 Å². The topological polar surface area (TPSA) is 62.5 Å². The van der Waals surface area contributed by atoms with Crippen molar-refractivity contribution in [2.75, 3.05) is 6.54 Å². The van der Waals surface area contributed by atoms with Gasteiger partial charge < -0.3 is 9.67 Å². The van der Waals surface area contributed by atoms with E-state index in [1.54, 1.807) is 16.6 Å². The van der Waals surface area contributed by atoms with Gasteiger partial charge in [-0.25, -0.2) is 8.42 Å². The molecule has 1 fully saturated rings. The van der Waals surface area contributed by atoms with Crippen molar-refractivity contribution in [2.45, 2.75) is 63.6 Å². The maximum absolute atomic E-state index is 12.8. The Kier molecular flexibility index (Phi) is 4.01. The highest BCUT2D eigenvalue weighted by Gasteiger charge is 2.41. The van der Waals surface area contributed by atoms with Crippen molar-refractivity contribution in [3.05, 3.63) is 18.0 Å². The fraction of sp³-hybridized carbons (Fsp3) is 0.714. The van der Waals surface area contributed by atoms with Crippen LogP contribution in [0.5, 0.6) is 0 Å². The number of aliphatic hydroxyl groups is 1. The van der Waals surface area contributed by atoms with E-state index in [-0.39, 0.29) is 23.1 Å². The van der Waals surface area contributed by atoms with Gasteiger partial charge in [0, 0.05) is 30.0 Å². The Balaban J connectivity index is 2.45. The lowest BCUT2D eigenvalue weighted by Crippen LogP contribution is -2.42. The molecule has 114 valence electrons. The van der Waals surface area contributed by atoms with Crippen molar-refractivity contribution in [3.63, 3.8) is 0 Å². The second kappa shape index (κ2) is 5.16. The summed E-state index contributed by atoms with van der Waals surface area (Å²) in [5.74, 6) is 0. The van der Waals surface area contributed by atoms with Crippen molar-refractivity contribution in [3.8, 4) is 0 Å². The van der Waals surface area contributed by atoms with E-state index in [9.17, 15) is 13.5 Å². The molecule has 2 rings (SSSR count). The first-order valence-electron chi connectivity index (χ1n) is 7.04. The maximum Gasteiger partial charge on any atom is 0.245 e. The van der Waals surface area contributed by atoms with E-state index in [4.69, 9.17) is 0 Å². The standard InChI is InChI=1S/C14H24N2O3S/c1-11(2)15-9-13(8-12(15)10-17)20(18,19)16-7-5-6-14(16,3)4/h8-9,11,17H,5-7,10H2,1-4H3. The van der Waals surface area contributed by atoms with Gasteiger partial charge in [-0.1, -0.05) is 0 Å². The molecule has 5 nitrogen and oxygen atoms in total. The van der Waals surface area contributed by atoms with Gasteiger partial charge >= 0.3 is 0 Å². The first-order valence-corrected chi connectivity index (χ1v) is 8.48. The first-order chi connectivity index (χ1) is 9.20. The van der Waals surface area contributed by atoms with Gasteiger partial charge in [0.2, 0.25) is 10.0 Å². The molecule has 20 heavy (non-hydrogen) atoms. The molecule has 0 atom stereocenters. The molecule has 1 aliphatic heterocycles. The normalized spacial score (nSPS) is 19.9. The monoisotopic (exact) mass is 300 g/mol. The molecule has 0 aliphatic carbocycles. The molecule has 1 aromatic rings. The molecule has 0 unspecified atom stereocenters. The number of nitrogens with zero attached hydrogens (tertiary/aromatic N) is 2. The second-order valence-electron chi connectivity index (χ2n) is 6.32. The number of sulfonamides is 1. The zero-order chi connectivity index (χ0) is 15.1. The Labute approximate surface area is 121 Å². The quantitative estimate of drug-likeness (QED) is 0.926. The van der Waals surface area contributed by atoms with Crippen molar-refractivity contribution in [2.24, 2.45) is 0 Å². The minimum Gasteiger partial charge on any atom is -0.390 e. The minimum atomic E-state index is -3.49. The number of hydrogen-bond acceptors (Lipinski definition) is 3. The third-order valence-electron chi connectivity index (χ3n) is 4.04. The second-order valence-corrected chi connectivity index (χ2v) is 8.18. The molecule has 0 saturated carbocycles. The third-order valence-corrected chi connectivity index (χ3v) is 6.11. The van der Waals surface area contributed by atoms with Gasteiger partial charge in [-0.2, -0.15) is 4.31 Å². The average Bonchev–Trinajstić information content (AvgIpc) is 2.92. The lowest BCUT2D eigenvalue weighted by Gasteiger charge is -2.30. The largest absolute Gasteiger partial charge is 0.390 e. The molecule has 6 heteroatoms. The summed E-state index contributed by atoms with van der Waals surface area (Å²) in [4.78, 5) is 0.283. The van der Waals surface area contributed by atoms with Crippen LogP contribution in [0.25, 0.3) is 0 Å². The van der Waals surface area contributed by atoms with Gasteiger partial charge in [-0.05, 0) is 46.6 Å². The van der Waals surface area contributed by atoms with Crippen molar-refractivity contribution < 1.29 is 13.5 Å². The fourth-order valence-electron chi connectivity index (χ4n) is 2.90. The molecule has 0 aromatic carbocycles. The number of aromatic nitrogens is 1. The Morgan fingerprint density at radius 3 is 2.45 bits per heavy atom. The molecule has 0 radical (unpaired) electrons. The van der Waals surface area contributed by atoms with Crippen molar-refractivity contribution in [1.29, 1.82) is 0 Å². The van der Waals surface area contributed by atoms with Crippen LogP contribution in [0.4, 0.5) is 0 Å². The lowest BCUT2D eigenvalue weighted by atomic mass is 10.0. The molecule has 1 N–H and O–H groups in total. The maximum atomic E-state index is 12.8. The molecule has 0 spiro atoms. The smallest absolute Gasteiger partial charge is 0.245 e. The van der Waals surface area contributed by atoms with Crippen LogP contribution >= 0.6 is 0 Å². The molecule has 1 aromatic heterocycles.